The van der Waals surface area contributed by atoms with E-state index in [1.165, 1.54) is 0 Å². The zero-order valence-electron chi connectivity index (χ0n) is 12.5. The van der Waals surface area contributed by atoms with E-state index in [4.69, 9.17) is 21.1 Å². The minimum Gasteiger partial charge on any atom is -0.495 e. The van der Waals surface area contributed by atoms with Crippen LogP contribution in [0.15, 0.2) is 48.5 Å². The van der Waals surface area contributed by atoms with Gasteiger partial charge in [0, 0.05) is 5.69 Å². The number of hydrogen-bond acceptors (Lipinski definition) is 3. The predicted octanol–water partition coefficient (Wildman–Crippen LogP) is 4.14. The molecule has 2 aromatic carbocycles. The van der Waals surface area contributed by atoms with Crippen LogP contribution in [0.5, 0.6) is 11.5 Å². The molecule has 1 unspecified atom stereocenters. The Kier molecular flexibility index (Phi) is 5.67. The Morgan fingerprint density at radius 3 is 2.55 bits per heavy atom. The molecular formula is C17H18ClNO3. The van der Waals surface area contributed by atoms with Crippen molar-refractivity contribution in [1.82, 2.24) is 0 Å². The van der Waals surface area contributed by atoms with Crippen LogP contribution in [0.1, 0.15) is 13.3 Å². The average Bonchev–Trinajstić information content (AvgIpc) is 2.53. The van der Waals surface area contributed by atoms with Gasteiger partial charge in [-0.2, -0.15) is 0 Å². The van der Waals surface area contributed by atoms with Crippen molar-refractivity contribution in [3.8, 4) is 11.5 Å². The van der Waals surface area contributed by atoms with Crippen molar-refractivity contribution in [2.45, 2.75) is 19.4 Å². The van der Waals surface area contributed by atoms with E-state index in [2.05, 4.69) is 5.32 Å². The van der Waals surface area contributed by atoms with Crippen LogP contribution in [0.2, 0.25) is 5.02 Å². The van der Waals surface area contributed by atoms with Gasteiger partial charge in [-0.05, 0) is 36.8 Å². The highest BCUT2D eigenvalue weighted by molar-refractivity contribution is 6.32. The predicted molar refractivity (Wildman–Crippen MR) is 87.8 cm³/mol. The molecule has 0 saturated heterocycles. The summed E-state index contributed by atoms with van der Waals surface area (Å²) in [6, 6.07) is 14.3. The second-order valence-corrected chi connectivity index (χ2v) is 5.07. The van der Waals surface area contributed by atoms with Gasteiger partial charge in [0.15, 0.2) is 6.10 Å². The molecule has 22 heavy (non-hydrogen) atoms. The summed E-state index contributed by atoms with van der Waals surface area (Å²) in [6.45, 7) is 1.90. The first-order valence-electron chi connectivity index (χ1n) is 7.00. The molecule has 1 amide bonds. The fraction of sp³-hybridized carbons (Fsp3) is 0.235. The molecule has 0 aliphatic rings. The van der Waals surface area contributed by atoms with Gasteiger partial charge in [-0.25, -0.2) is 0 Å². The van der Waals surface area contributed by atoms with Gasteiger partial charge in [0.1, 0.15) is 11.5 Å². The average molecular weight is 320 g/mol. The van der Waals surface area contributed by atoms with Gasteiger partial charge in [-0.15, -0.1) is 0 Å². The highest BCUT2D eigenvalue weighted by Crippen LogP contribution is 2.27. The van der Waals surface area contributed by atoms with E-state index in [1.807, 2.05) is 37.3 Å². The summed E-state index contributed by atoms with van der Waals surface area (Å²) in [5.74, 6) is 1.01. The van der Waals surface area contributed by atoms with Gasteiger partial charge in [-0.1, -0.05) is 36.7 Å². The topological polar surface area (TPSA) is 47.6 Å². The van der Waals surface area contributed by atoms with Crippen molar-refractivity contribution < 1.29 is 14.3 Å². The first-order valence-corrected chi connectivity index (χ1v) is 7.38. The number of halogens is 1. The van der Waals surface area contributed by atoms with Crippen LogP contribution in [0.25, 0.3) is 0 Å². The number of benzene rings is 2. The van der Waals surface area contributed by atoms with Gasteiger partial charge in [0.2, 0.25) is 0 Å². The van der Waals surface area contributed by atoms with Crippen molar-refractivity contribution in [3.05, 3.63) is 53.6 Å². The third kappa shape index (κ3) is 4.15. The van der Waals surface area contributed by atoms with Crippen LogP contribution in [0.3, 0.4) is 0 Å². The maximum atomic E-state index is 12.3. The largest absolute Gasteiger partial charge is 0.495 e. The molecule has 1 atom stereocenters. The standard InChI is InChI=1S/C17H18ClNO3/c1-3-15(22-13-7-5-4-6-8-13)17(20)19-12-9-10-16(21-2)14(18)11-12/h4-11,15H,3H2,1-2H3,(H,19,20). The Morgan fingerprint density at radius 1 is 1.23 bits per heavy atom. The van der Waals surface area contributed by atoms with Crippen LogP contribution < -0.4 is 14.8 Å². The van der Waals surface area contributed by atoms with Gasteiger partial charge >= 0.3 is 0 Å². The van der Waals surface area contributed by atoms with E-state index in [0.717, 1.165) is 0 Å². The zero-order valence-corrected chi connectivity index (χ0v) is 13.3. The Morgan fingerprint density at radius 2 is 1.95 bits per heavy atom. The first-order chi connectivity index (χ1) is 10.6. The molecule has 4 nitrogen and oxygen atoms in total. The summed E-state index contributed by atoms with van der Waals surface area (Å²) in [7, 11) is 1.54. The molecule has 2 aromatic rings. The minimum absolute atomic E-state index is 0.215. The monoisotopic (exact) mass is 319 g/mol. The second-order valence-electron chi connectivity index (χ2n) is 4.67. The number of para-hydroxylation sites is 1. The molecule has 0 aliphatic heterocycles. The molecule has 0 aliphatic carbocycles. The lowest BCUT2D eigenvalue weighted by atomic mass is 10.2. The quantitative estimate of drug-likeness (QED) is 0.870. The number of hydrogen-bond donors (Lipinski definition) is 1. The number of rotatable bonds is 6. The summed E-state index contributed by atoms with van der Waals surface area (Å²) in [5, 5.41) is 3.24. The molecule has 2 rings (SSSR count). The van der Waals surface area contributed by atoms with E-state index in [-0.39, 0.29) is 5.91 Å². The third-order valence-electron chi connectivity index (χ3n) is 3.10. The van der Waals surface area contributed by atoms with Crippen molar-refractivity contribution >= 4 is 23.2 Å². The van der Waals surface area contributed by atoms with Gasteiger partial charge in [0.05, 0.1) is 12.1 Å². The summed E-state index contributed by atoms with van der Waals surface area (Å²) in [5.41, 5.74) is 0.603. The van der Waals surface area contributed by atoms with E-state index < -0.39 is 6.10 Å². The molecule has 0 saturated carbocycles. The summed E-state index contributed by atoms with van der Waals surface area (Å²) < 4.78 is 10.8. The Bertz CT molecular complexity index is 631. The number of carbonyl (C=O) groups excluding carboxylic acids is 1. The lowest BCUT2D eigenvalue weighted by Gasteiger charge is -2.17. The van der Waals surface area contributed by atoms with Gasteiger partial charge in [0.25, 0.3) is 5.91 Å². The van der Waals surface area contributed by atoms with Crippen LogP contribution in [0.4, 0.5) is 5.69 Å². The fourth-order valence-electron chi connectivity index (χ4n) is 1.95. The Hall–Kier alpha value is -2.20. The highest BCUT2D eigenvalue weighted by atomic mass is 35.5. The molecule has 0 bridgehead atoms. The number of nitrogens with one attached hydrogen (secondary N) is 1. The van der Waals surface area contributed by atoms with Gasteiger partial charge < -0.3 is 14.8 Å². The molecular weight excluding hydrogens is 302 g/mol. The molecule has 0 fully saturated rings. The number of methoxy groups -OCH3 is 1. The summed E-state index contributed by atoms with van der Waals surface area (Å²) in [4.78, 5) is 12.3. The van der Waals surface area contributed by atoms with E-state index >= 15 is 0 Å². The van der Waals surface area contributed by atoms with Crippen molar-refractivity contribution in [2.75, 3.05) is 12.4 Å². The van der Waals surface area contributed by atoms with E-state index in [9.17, 15) is 4.79 Å². The molecule has 0 aromatic heterocycles. The molecule has 0 heterocycles. The van der Waals surface area contributed by atoms with Crippen LogP contribution >= 0.6 is 11.6 Å². The fourth-order valence-corrected chi connectivity index (χ4v) is 2.21. The SMILES string of the molecule is CCC(Oc1ccccc1)C(=O)Nc1ccc(OC)c(Cl)c1. The van der Waals surface area contributed by atoms with Gasteiger partial charge in [-0.3, -0.25) is 4.79 Å². The zero-order chi connectivity index (χ0) is 15.9. The summed E-state index contributed by atoms with van der Waals surface area (Å²) >= 11 is 6.05. The number of anilines is 1. The second kappa shape index (κ2) is 7.71. The number of amides is 1. The van der Waals surface area contributed by atoms with E-state index in [0.29, 0.717) is 28.6 Å². The molecule has 0 radical (unpaired) electrons. The number of carbonyl (C=O) groups is 1. The van der Waals surface area contributed by atoms with Crippen LogP contribution in [-0.4, -0.2) is 19.1 Å². The summed E-state index contributed by atoms with van der Waals surface area (Å²) in [6.07, 6.45) is -0.00628. The first kappa shape index (κ1) is 16.2. The third-order valence-corrected chi connectivity index (χ3v) is 3.40. The Labute approximate surface area is 135 Å². The highest BCUT2D eigenvalue weighted by Gasteiger charge is 2.18. The molecule has 1 N–H and O–H groups in total. The molecule has 5 heteroatoms. The minimum atomic E-state index is -0.566. The maximum Gasteiger partial charge on any atom is 0.265 e. The smallest absolute Gasteiger partial charge is 0.265 e. The maximum absolute atomic E-state index is 12.3. The lowest BCUT2D eigenvalue weighted by molar-refractivity contribution is -0.122. The molecule has 116 valence electrons. The van der Waals surface area contributed by atoms with Crippen LogP contribution in [0, 0.1) is 0 Å². The normalized spacial score (nSPS) is 11.6. The van der Waals surface area contributed by atoms with Crippen molar-refractivity contribution in [3.63, 3.8) is 0 Å². The van der Waals surface area contributed by atoms with Crippen molar-refractivity contribution in [1.29, 1.82) is 0 Å². The Balaban J connectivity index is 2.04. The van der Waals surface area contributed by atoms with E-state index in [1.54, 1.807) is 25.3 Å². The van der Waals surface area contributed by atoms with Crippen LogP contribution in [-0.2, 0) is 4.79 Å². The lowest BCUT2D eigenvalue weighted by Crippen LogP contribution is -2.32. The number of ether oxygens (including phenoxy) is 2. The molecule has 0 spiro atoms. The van der Waals surface area contributed by atoms with Crippen molar-refractivity contribution in [2.24, 2.45) is 0 Å².